The van der Waals surface area contributed by atoms with Crippen LogP contribution in [0, 0.1) is 18.8 Å². The predicted molar refractivity (Wildman–Crippen MR) is 69.8 cm³/mol. The van der Waals surface area contributed by atoms with E-state index in [1.54, 1.807) is 16.4 Å². The normalized spacial score (nSPS) is 28.5. The molecule has 2 aliphatic heterocycles. The van der Waals surface area contributed by atoms with E-state index in [1.165, 1.54) is 0 Å². The van der Waals surface area contributed by atoms with Gasteiger partial charge < -0.3 is 5.32 Å². The maximum absolute atomic E-state index is 12.6. The van der Waals surface area contributed by atoms with Crippen LogP contribution in [0.5, 0.6) is 0 Å². The van der Waals surface area contributed by atoms with Crippen molar-refractivity contribution in [2.75, 3.05) is 26.2 Å². The Morgan fingerprint density at radius 1 is 1.17 bits per heavy atom. The lowest BCUT2D eigenvalue weighted by Gasteiger charge is -2.18. The Labute approximate surface area is 108 Å². The number of aryl methyl sites for hydroxylation is 1. The fourth-order valence-corrected chi connectivity index (χ4v) is 4.77. The summed E-state index contributed by atoms with van der Waals surface area (Å²) in [6.45, 7) is 5.07. The molecule has 0 amide bonds. The van der Waals surface area contributed by atoms with Crippen molar-refractivity contribution in [1.82, 2.24) is 9.62 Å². The SMILES string of the molecule is Cc1ccccc1S(=O)(=O)N1C[C@H]2CNC[C@H]2C1. The minimum Gasteiger partial charge on any atom is -0.316 e. The molecule has 0 spiro atoms. The molecule has 2 aliphatic rings. The second-order valence-corrected chi connectivity index (χ2v) is 7.17. The van der Waals surface area contributed by atoms with E-state index in [0.717, 1.165) is 18.7 Å². The Morgan fingerprint density at radius 2 is 1.78 bits per heavy atom. The molecule has 0 aromatic heterocycles. The van der Waals surface area contributed by atoms with Crippen molar-refractivity contribution < 1.29 is 8.42 Å². The molecule has 0 unspecified atom stereocenters. The van der Waals surface area contributed by atoms with Crippen molar-refractivity contribution in [2.45, 2.75) is 11.8 Å². The first-order valence-electron chi connectivity index (χ1n) is 6.35. The monoisotopic (exact) mass is 266 g/mol. The van der Waals surface area contributed by atoms with Crippen molar-refractivity contribution in [3.63, 3.8) is 0 Å². The van der Waals surface area contributed by atoms with Gasteiger partial charge in [-0.25, -0.2) is 8.42 Å². The van der Waals surface area contributed by atoms with Crippen LogP contribution in [-0.2, 0) is 10.0 Å². The van der Waals surface area contributed by atoms with Gasteiger partial charge in [-0.3, -0.25) is 0 Å². The maximum Gasteiger partial charge on any atom is 0.243 e. The van der Waals surface area contributed by atoms with Gasteiger partial charge in [-0.15, -0.1) is 0 Å². The smallest absolute Gasteiger partial charge is 0.243 e. The summed E-state index contributed by atoms with van der Waals surface area (Å²) in [7, 11) is -3.31. The number of hydrogen-bond donors (Lipinski definition) is 1. The minimum atomic E-state index is -3.31. The standard InChI is InChI=1S/C13H18N2O2S/c1-10-4-2-3-5-13(10)18(16,17)15-8-11-6-14-7-12(11)9-15/h2-5,11-12,14H,6-9H2,1H3/t11-,12+. The van der Waals surface area contributed by atoms with E-state index in [0.29, 0.717) is 29.8 Å². The third-order valence-electron chi connectivity index (χ3n) is 4.07. The lowest BCUT2D eigenvalue weighted by molar-refractivity contribution is 0.447. The molecule has 2 atom stereocenters. The zero-order chi connectivity index (χ0) is 12.8. The second kappa shape index (κ2) is 4.33. The number of fused-ring (bicyclic) bond motifs is 1. The Hall–Kier alpha value is -0.910. The van der Waals surface area contributed by atoms with Gasteiger partial charge in [0.15, 0.2) is 0 Å². The van der Waals surface area contributed by atoms with E-state index in [-0.39, 0.29) is 0 Å². The lowest BCUT2D eigenvalue weighted by Crippen LogP contribution is -2.32. The van der Waals surface area contributed by atoms with Crippen LogP contribution in [0.4, 0.5) is 0 Å². The number of nitrogens with one attached hydrogen (secondary N) is 1. The minimum absolute atomic E-state index is 0.456. The number of hydrogen-bond acceptors (Lipinski definition) is 3. The van der Waals surface area contributed by atoms with Gasteiger partial charge in [0.1, 0.15) is 0 Å². The zero-order valence-corrected chi connectivity index (χ0v) is 11.3. The Balaban J connectivity index is 1.90. The highest BCUT2D eigenvalue weighted by atomic mass is 32.2. The molecule has 2 fully saturated rings. The summed E-state index contributed by atoms with van der Waals surface area (Å²) in [5, 5.41) is 3.33. The average molecular weight is 266 g/mol. The van der Waals surface area contributed by atoms with Crippen LogP contribution >= 0.6 is 0 Å². The highest BCUT2D eigenvalue weighted by Crippen LogP contribution is 2.31. The molecule has 0 bridgehead atoms. The van der Waals surface area contributed by atoms with Gasteiger partial charge in [-0.05, 0) is 43.5 Å². The number of benzene rings is 1. The third-order valence-corrected chi connectivity index (χ3v) is 6.06. The van der Waals surface area contributed by atoms with E-state index in [2.05, 4.69) is 5.32 Å². The van der Waals surface area contributed by atoms with Crippen LogP contribution in [0.2, 0.25) is 0 Å². The molecule has 0 radical (unpaired) electrons. The molecule has 2 heterocycles. The second-order valence-electron chi connectivity index (χ2n) is 5.27. The van der Waals surface area contributed by atoms with Crippen LogP contribution in [0.25, 0.3) is 0 Å². The maximum atomic E-state index is 12.6. The molecule has 1 aromatic carbocycles. The van der Waals surface area contributed by atoms with E-state index < -0.39 is 10.0 Å². The van der Waals surface area contributed by atoms with Gasteiger partial charge in [-0.1, -0.05) is 18.2 Å². The molecular weight excluding hydrogens is 248 g/mol. The summed E-state index contributed by atoms with van der Waals surface area (Å²) in [5.74, 6) is 0.979. The molecular formula is C13H18N2O2S. The molecule has 1 N–H and O–H groups in total. The summed E-state index contributed by atoms with van der Waals surface area (Å²) < 4.78 is 26.8. The highest BCUT2D eigenvalue weighted by Gasteiger charge is 2.41. The predicted octanol–water partition coefficient (Wildman–Crippen LogP) is 0.835. The van der Waals surface area contributed by atoms with Crippen LogP contribution in [0.1, 0.15) is 5.56 Å². The van der Waals surface area contributed by atoms with Gasteiger partial charge in [0.05, 0.1) is 4.90 Å². The van der Waals surface area contributed by atoms with E-state index in [1.807, 2.05) is 19.1 Å². The zero-order valence-electron chi connectivity index (χ0n) is 10.5. The lowest BCUT2D eigenvalue weighted by atomic mass is 10.0. The quantitative estimate of drug-likeness (QED) is 0.863. The summed E-state index contributed by atoms with van der Waals surface area (Å²) in [6.07, 6.45) is 0. The molecule has 18 heavy (non-hydrogen) atoms. The summed E-state index contributed by atoms with van der Waals surface area (Å²) in [4.78, 5) is 0.456. The molecule has 0 aliphatic carbocycles. The number of nitrogens with zero attached hydrogens (tertiary/aromatic N) is 1. The van der Waals surface area contributed by atoms with Crippen LogP contribution < -0.4 is 5.32 Å². The molecule has 5 heteroatoms. The average Bonchev–Trinajstić information content (AvgIpc) is 2.89. The van der Waals surface area contributed by atoms with Gasteiger partial charge in [0, 0.05) is 13.1 Å². The summed E-state index contributed by atoms with van der Waals surface area (Å²) in [6, 6.07) is 7.22. The van der Waals surface area contributed by atoms with Crippen LogP contribution in [0.3, 0.4) is 0 Å². The summed E-state index contributed by atoms with van der Waals surface area (Å²) >= 11 is 0. The van der Waals surface area contributed by atoms with Crippen molar-refractivity contribution in [2.24, 2.45) is 11.8 Å². The van der Waals surface area contributed by atoms with Gasteiger partial charge in [-0.2, -0.15) is 4.31 Å². The number of sulfonamides is 1. The molecule has 3 rings (SSSR count). The Kier molecular flexibility index (Phi) is 2.92. The van der Waals surface area contributed by atoms with Crippen molar-refractivity contribution in [1.29, 1.82) is 0 Å². The first-order valence-corrected chi connectivity index (χ1v) is 7.79. The molecule has 1 aromatic rings. The highest BCUT2D eigenvalue weighted by molar-refractivity contribution is 7.89. The van der Waals surface area contributed by atoms with Crippen molar-refractivity contribution in [3.8, 4) is 0 Å². The topological polar surface area (TPSA) is 49.4 Å². The first-order chi connectivity index (χ1) is 8.59. The fraction of sp³-hybridized carbons (Fsp3) is 0.538. The number of rotatable bonds is 2. The largest absolute Gasteiger partial charge is 0.316 e. The first kappa shape index (κ1) is 12.1. The Bertz CT molecular complexity index is 544. The van der Waals surface area contributed by atoms with Gasteiger partial charge >= 0.3 is 0 Å². The van der Waals surface area contributed by atoms with Crippen molar-refractivity contribution in [3.05, 3.63) is 29.8 Å². The van der Waals surface area contributed by atoms with Gasteiger partial charge in [0.25, 0.3) is 0 Å². The fourth-order valence-electron chi connectivity index (χ4n) is 2.99. The van der Waals surface area contributed by atoms with Crippen LogP contribution in [0.15, 0.2) is 29.2 Å². The molecule has 0 saturated carbocycles. The van der Waals surface area contributed by atoms with Crippen LogP contribution in [-0.4, -0.2) is 38.9 Å². The summed E-state index contributed by atoms with van der Waals surface area (Å²) in [5.41, 5.74) is 0.827. The molecule has 2 saturated heterocycles. The Morgan fingerprint density at radius 3 is 2.39 bits per heavy atom. The van der Waals surface area contributed by atoms with E-state index in [4.69, 9.17) is 0 Å². The molecule has 4 nitrogen and oxygen atoms in total. The third kappa shape index (κ3) is 1.86. The molecule has 98 valence electrons. The van der Waals surface area contributed by atoms with E-state index in [9.17, 15) is 8.42 Å². The van der Waals surface area contributed by atoms with E-state index >= 15 is 0 Å². The van der Waals surface area contributed by atoms with Gasteiger partial charge in [0.2, 0.25) is 10.0 Å². The van der Waals surface area contributed by atoms with Crippen molar-refractivity contribution >= 4 is 10.0 Å².